The smallest absolute Gasteiger partial charge is 0.0166 e. The molecule has 0 aliphatic carbocycles. The second kappa shape index (κ2) is 1.90. The summed E-state index contributed by atoms with van der Waals surface area (Å²) in [6.45, 7) is 0. The Kier molecular flexibility index (Phi) is 1.43. The molecule has 0 aromatic heterocycles. The Bertz CT molecular complexity index is 71.6. The number of halogens is 1. The first kappa shape index (κ1) is 4.54. The summed E-state index contributed by atoms with van der Waals surface area (Å²) < 4.78 is 0. The van der Waals surface area contributed by atoms with Crippen molar-refractivity contribution in [3.63, 3.8) is 0 Å². The third kappa shape index (κ3) is 0.713. The molecule has 1 saturated heterocycles. The van der Waals surface area contributed by atoms with Gasteiger partial charge in [0.05, 0.1) is 0 Å². The average Bonchev–Trinajstić information content (AvgIpc) is 1.31. The molecule has 0 amide bonds. The summed E-state index contributed by atoms with van der Waals surface area (Å²) in [6, 6.07) is 0. The van der Waals surface area contributed by atoms with Crippen LogP contribution in [0.15, 0.2) is 11.1 Å². The minimum absolute atomic E-state index is 1.16. The zero-order valence-electron chi connectivity index (χ0n) is 3.28. The topological polar surface area (TPSA) is 0 Å². The van der Waals surface area contributed by atoms with Gasteiger partial charge in [-0.05, 0) is 5.57 Å². The molecule has 34 valence electrons. The predicted octanol–water partition coefficient (Wildman–Crippen LogP) is 1.86. The Morgan fingerprint density at radius 3 is 2.33 bits per heavy atom. The lowest BCUT2D eigenvalue weighted by Crippen LogP contribution is -2.01. The fourth-order valence-corrected chi connectivity index (χ4v) is 1.23. The van der Waals surface area contributed by atoms with Crippen LogP contribution in [0.3, 0.4) is 0 Å². The van der Waals surface area contributed by atoms with Crippen LogP contribution in [0, 0.1) is 0 Å². The van der Waals surface area contributed by atoms with Gasteiger partial charge in [0.15, 0.2) is 0 Å². The predicted molar refractivity (Wildman–Crippen MR) is 31.3 cm³/mol. The fourth-order valence-electron chi connectivity index (χ4n) is 0.283. The monoisotopic (exact) mass is 120 g/mol. The molecule has 1 aliphatic rings. The highest BCUT2D eigenvalue weighted by Crippen LogP contribution is 2.23. The third-order valence-corrected chi connectivity index (χ3v) is 2.19. The highest BCUT2D eigenvalue weighted by molar-refractivity contribution is 8.01. The van der Waals surface area contributed by atoms with Gasteiger partial charge in [-0.1, -0.05) is 11.6 Å². The maximum Gasteiger partial charge on any atom is 0.0166 e. The molecule has 1 heterocycles. The SMILES string of the molecule is ClC=C1CSC1. The fraction of sp³-hybridized carbons (Fsp3) is 0.500. The maximum atomic E-state index is 5.33. The lowest BCUT2D eigenvalue weighted by Gasteiger charge is -2.12. The summed E-state index contributed by atoms with van der Waals surface area (Å²) in [4.78, 5) is 0. The van der Waals surface area contributed by atoms with Crippen LogP contribution in [0.2, 0.25) is 0 Å². The maximum absolute atomic E-state index is 5.33. The lowest BCUT2D eigenvalue weighted by molar-refractivity contribution is 1.37. The van der Waals surface area contributed by atoms with E-state index in [1.807, 2.05) is 11.8 Å². The highest BCUT2D eigenvalue weighted by Gasteiger charge is 2.05. The first-order chi connectivity index (χ1) is 2.93. The minimum atomic E-state index is 1.16. The van der Waals surface area contributed by atoms with E-state index in [9.17, 15) is 0 Å². The van der Waals surface area contributed by atoms with E-state index in [1.54, 1.807) is 5.54 Å². The second-order valence-electron chi connectivity index (χ2n) is 1.26. The van der Waals surface area contributed by atoms with Crippen LogP contribution in [0.4, 0.5) is 0 Å². The Balaban J connectivity index is 2.34. The number of thioether (sulfide) groups is 1. The second-order valence-corrected chi connectivity index (χ2v) is 2.46. The summed E-state index contributed by atoms with van der Waals surface area (Å²) in [6.07, 6.45) is 0. The molecule has 0 atom stereocenters. The van der Waals surface area contributed by atoms with Gasteiger partial charge >= 0.3 is 0 Å². The van der Waals surface area contributed by atoms with Gasteiger partial charge < -0.3 is 0 Å². The van der Waals surface area contributed by atoms with Crippen molar-refractivity contribution in [2.45, 2.75) is 0 Å². The third-order valence-electron chi connectivity index (χ3n) is 0.729. The Morgan fingerprint density at radius 1 is 1.67 bits per heavy atom. The summed E-state index contributed by atoms with van der Waals surface area (Å²) in [5.41, 5.74) is 3.05. The molecule has 0 spiro atoms. The molecule has 0 nitrogen and oxygen atoms in total. The van der Waals surface area contributed by atoms with Gasteiger partial charge in [-0.2, -0.15) is 11.8 Å². The van der Waals surface area contributed by atoms with E-state index in [-0.39, 0.29) is 0 Å². The average molecular weight is 121 g/mol. The molecule has 0 aromatic carbocycles. The van der Waals surface area contributed by atoms with E-state index in [2.05, 4.69) is 0 Å². The molecule has 6 heavy (non-hydrogen) atoms. The molecule has 0 unspecified atom stereocenters. The molecule has 0 bridgehead atoms. The van der Waals surface area contributed by atoms with Crippen LogP contribution in [0.25, 0.3) is 0 Å². The van der Waals surface area contributed by atoms with Gasteiger partial charge in [-0.15, -0.1) is 0 Å². The summed E-state index contributed by atoms with van der Waals surface area (Å²) in [7, 11) is 0. The van der Waals surface area contributed by atoms with E-state index in [0.29, 0.717) is 0 Å². The van der Waals surface area contributed by atoms with Crippen LogP contribution < -0.4 is 0 Å². The van der Waals surface area contributed by atoms with Crippen molar-refractivity contribution in [1.29, 1.82) is 0 Å². The lowest BCUT2D eigenvalue weighted by atomic mass is 10.4. The first-order valence-electron chi connectivity index (χ1n) is 1.79. The van der Waals surface area contributed by atoms with E-state index >= 15 is 0 Å². The van der Waals surface area contributed by atoms with Crippen molar-refractivity contribution < 1.29 is 0 Å². The summed E-state index contributed by atoms with van der Waals surface area (Å²) in [5, 5.41) is 0. The van der Waals surface area contributed by atoms with Gasteiger partial charge in [0.2, 0.25) is 0 Å². The quantitative estimate of drug-likeness (QED) is 0.470. The zero-order valence-corrected chi connectivity index (χ0v) is 4.85. The molecule has 1 aliphatic heterocycles. The van der Waals surface area contributed by atoms with E-state index in [1.165, 1.54) is 5.57 Å². The molecule has 1 fully saturated rings. The van der Waals surface area contributed by atoms with Crippen molar-refractivity contribution in [3.05, 3.63) is 11.1 Å². The van der Waals surface area contributed by atoms with Gasteiger partial charge in [-0.3, -0.25) is 0 Å². The van der Waals surface area contributed by atoms with Crippen LogP contribution in [0.1, 0.15) is 0 Å². The Hall–Kier alpha value is 0.380. The molecule has 1 rings (SSSR count). The number of hydrogen-bond donors (Lipinski definition) is 0. The van der Waals surface area contributed by atoms with Gasteiger partial charge in [0, 0.05) is 17.0 Å². The first-order valence-corrected chi connectivity index (χ1v) is 3.38. The van der Waals surface area contributed by atoms with Gasteiger partial charge in [0.1, 0.15) is 0 Å². The van der Waals surface area contributed by atoms with E-state index in [0.717, 1.165) is 11.5 Å². The van der Waals surface area contributed by atoms with E-state index < -0.39 is 0 Å². The largest absolute Gasteiger partial charge is 0.153 e. The molecule has 2 heteroatoms. The normalized spacial score (nSPS) is 19.8. The van der Waals surface area contributed by atoms with Gasteiger partial charge in [0.25, 0.3) is 0 Å². The molecule has 0 radical (unpaired) electrons. The van der Waals surface area contributed by atoms with Crippen LogP contribution in [-0.2, 0) is 0 Å². The Labute approximate surface area is 46.6 Å². The molecular weight excluding hydrogens is 116 g/mol. The van der Waals surface area contributed by atoms with E-state index in [4.69, 9.17) is 11.6 Å². The van der Waals surface area contributed by atoms with Crippen molar-refractivity contribution in [2.24, 2.45) is 0 Å². The zero-order chi connectivity index (χ0) is 4.41. The standard InChI is InChI=1S/C4H5ClS/c5-1-4-2-6-3-4/h1H,2-3H2. The minimum Gasteiger partial charge on any atom is -0.153 e. The summed E-state index contributed by atoms with van der Waals surface area (Å²) in [5.74, 6) is 2.31. The van der Waals surface area contributed by atoms with Crippen LogP contribution in [-0.4, -0.2) is 11.5 Å². The Morgan fingerprint density at radius 2 is 2.33 bits per heavy atom. The van der Waals surface area contributed by atoms with Crippen molar-refractivity contribution in [2.75, 3.05) is 11.5 Å². The highest BCUT2D eigenvalue weighted by atomic mass is 35.5. The molecular formula is C4H5ClS. The number of rotatable bonds is 0. The van der Waals surface area contributed by atoms with Crippen molar-refractivity contribution >= 4 is 23.4 Å². The van der Waals surface area contributed by atoms with Crippen LogP contribution in [0.5, 0.6) is 0 Å². The van der Waals surface area contributed by atoms with Crippen molar-refractivity contribution in [1.82, 2.24) is 0 Å². The molecule has 0 N–H and O–H groups in total. The van der Waals surface area contributed by atoms with Gasteiger partial charge in [-0.25, -0.2) is 0 Å². The molecule has 0 saturated carbocycles. The van der Waals surface area contributed by atoms with Crippen molar-refractivity contribution in [3.8, 4) is 0 Å². The number of hydrogen-bond acceptors (Lipinski definition) is 1. The van der Waals surface area contributed by atoms with Crippen LogP contribution >= 0.6 is 23.4 Å². The molecule has 0 aromatic rings. The summed E-state index contributed by atoms with van der Waals surface area (Å²) >= 11 is 7.24.